The predicted molar refractivity (Wildman–Crippen MR) is 214 cm³/mol. The molecule has 1 saturated heterocycles. The van der Waals surface area contributed by atoms with E-state index >= 15 is 4.79 Å². The summed E-state index contributed by atoms with van der Waals surface area (Å²) in [5.74, 6) is -1.29. The van der Waals surface area contributed by atoms with Crippen LogP contribution in [0.25, 0.3) is 10.9 Å². The van der Waals surface area contributed by atoms with Gasteiger partial charge in [-0.3, -0.25) is 14.5 Å². The largest absolute Gasteiger partial charge is 0.496 e. The number of aromatic amines is 1. The number of H-pyrrole nitrogens is 1. The highest BCUT2D eigenvalue weighted by Crippen LogP contribution is 2.69. The number of hydrogen-bond donors (Lipinski definition) is 2. The average molecular weight is 779 g/mol. The van der Waals surface area contributed by atoms with Gasteiger partial charge in [0.1, 0.15) is 11.2 Å². The molecule has 9 atom stereocenters. The van der Waals surface area contributed by atoms with Gasteiger partial charge >= 0.3 is 17.9 Å². The molecule has 1 aromatic heterocycles. The van der Waals surface area contributed by atoms with Gasteiger partial charge in [0.25, 0.3) is 0 Å². The molecule has 57 heavy (non-hydrogen) atoms. The molecule has 2 aromatic carbocycles. The first-order valence-electron chi connectivity index (χ1n) is 20.4. The number of ether oxygens (including phenoxy) is 4. The van der Waals surface area contributed by atoms with Gasteiger partial charge in [-0.15, -0.1) is 0 Å². The van der Waals surface area contributed by atoms with Crippen molar-refractivity contribution < 1.29 is 38.4 Å². The number of esters is 3. The predicted octanol–water partition coefficient (Wildman–Crippen LogP) is 5.10. The number of carbonyl (C=O) groups is 3. The van der Waals surface area contributed by atoms with Crippen LogP contribution in [-0.2, 0) is 46.0 Å². The third-order valence-corrected chi connectivity index (χ3v) is 14.8. The molecule has 12 nitrogen and oxygen atoms in total. The van der Waals surface area contributed by atoms with E-state index in [2.05, 4.69) is 58.3 Å². The van der Waals surface area contributed by atoms with E-state index in [9.17, 15) is 14.7 Å². The molecule has 2 fully saturated rings. The van der Waals surface area contributed by atoms with E-state index in [4.69, 9.17) is 18.9 Å². The number of rotatable bonds is 7. The van der Waals surface area contributed by atoms with Gasteiger partial charge in [0.05, 0.1) is 27.4 Å². The molecule has 2 bridgehead atoms. The summed E-state index contributed by atoms with van der Waals surface area (Å²) >= 11 is 0. The number of para-hydroxylation sites is 1. The molecule has 2 N–H and O–H groups in total. The number of aromatic nitrogens is 1. The van der Waals surface area contributed by atoms with Crippen LogP contribution in [0.4, 0.5) is 5.69 Å². The van der Waals surface area contributed by atoms with Crippen molar-refractivity contribution in [2.24, 2.45) is 11.3 Å². The Balaban J connectivity index is 1.37. The highest BCUT2D eigenvalue weighted by molar-refractivity contribution is 5.95. The summed E-state index contributed by atoms with van der Waals surface area (Å²) < 4.78 is 23.9. The van der Waals surface area contributed by atoms with Gasteiger partial charge in [-0.2, -0.15) is 0 Å². The summed E-state index contributed by atoms with van der Waals surface area (Å²) in [6.45, 7) is 8.51. The van der Waals surface area contributed by atoms with E-state index in [1.807, 2.05) is 37.1 Å². The number of likely N-dealkylation sites (N-methyl/N-ethyl adjacent to an activating group) is 1. The number of carbonyl (C=O) groups excluding carboxylic acids is 3. The van der Waals surface area contributed by atoms with Gasteiger partial charge in [-0.1, -0.05) is 49.8 Å². The summed E-state index contributed by atoms with van der Waals surface area (Å²) in [4.78, 5) is 53.0. The first-order chi connectivity index (χ1) is 27.4. The van der Waals surface area contributed by atoms with E-state index in [0.717, 1.165) is 52.9 Å². The Kier molecular flexibility index (Phi) is 8.68. The van der Waals surface area contributed by atoms with Gasteiger partial charge in [0, 0.05) is 90.9 Å². The second-order valence-electron chi connectivity index (χ2n) is 17.2. The molecule has 6 aliphatic rings. The SMILES string of the molecule is CCC1=C[C@@H]2CN(C1)Cc1c([nH]c3ccccc13)[C@@](C(=O)OC)(c1cc3c(cc1OC)N(C)[C@@H]1[C@@](O)(C(=O)OC)[C@H](OC(C)=O)[C@]4(CC)CC=CN5CC[C@]31[C@@H]54)C2. The zero-order chi connectivity index (χ0) is 40.2. The smallest absolute Gasteiger partial charge is 0.344 e. The van der Waals surface area contributed by atoms with Crippen LogP contribution < -0.4 is 9.64 Å². The Labute approximate surface area is 333 Å². The zero-order valence-corrected chi connectivity index (χ0v) is 34.0. The van der Waals surface area contributed by atoms with Crippen LogP contribution in [0.1, 0.15) is 75.3 Å². The number of anilines is 1. The average Bonchev–Trinajstić information content (AvgIpc) is 3.87. The Bertz CT molecular complexity index is 2250. The van der Waals surface area contributed by atoms with Crippen molar-refractivity contribution in [3.8, 4) is 5.75 Å². The number of benzene rings is 2. The van der Waals surface area contributed by atoms with E-state index in [0.29, 0.717) is 50.1 Å². The molecule has 1 saturated carbocycles. The lowest BCUT2D eigenvalue weighted by atomic mass is 9.47. The number of nitrogens with zero attached hydrogens (tertiary/aromatic N) is 3. The van der Waals surface area contributed by atoms with Crippen LogP contribution in [0.2, 0.25) is 0 Å². The molecule has 1 aliphatic carbocycles. The fourth-order valence-electron chi connectivity index (χ4n) is 12.9. The zero-order valence-electron chi connectivity index (χ0n) is 34.0. The molecule has 0 radical (unpaired) electrons. The third-order valence-electron chi connectivity index (χ3n) is 14.8. The first kappa shape index (κ1) is 37.7. The lowest BCUT2D eigenvalue weighted by Gasteiger charge is -2.64. The molecule has 1 unspecified atom stereocenters. The third kappa shape index (κ3) is 4.77. The van der Waals surface area contributed by atoms with Crippen molar-refractivity contribution in [3.63, 3.8) is 0 Å². The highest BCUT2D eigenvalue weighted by atomic mass is 16.6. The van der Waals surface area contributed by atoms with E-state index < -0.39 is 45.9 Å². The molecule has 12 heteroatoms. The summed E-state index contributed by atoms with van der Waals surface area (Å²) in [6, 6.07) is 11.2. The van der Waals surface area contributed by atoms with Gasteiger partial charge in [0.15, 0.2) is 6.10 Å². The van der Waals surface area contributed by atoms with Gasteiger partial charge < -0.3 is 38.8 Å². The topological polar surface area (TPSA) is 134 Å². The maximum atomic E-state index is 15.2. The number of nitrogens with one attached hydrogen (secondary N) is 1. The monoisotopic (exact) mass is 778 g/mol. The molecular formula is C45H54N4O8. The Morgan fingerprint density at radius 2 is 1.77 bits per heavy atom. The summed E-state index contributed by atoms with van der Waals surface area (Å²) in [7, 11) is 6.23. The molecule has 6 heterocycles. The van der Waals surface area contributed by atoms with Crippen molar-refractivity contribution >= 4 is 34.5 Å². The van der Waals surface area contributed by atoms with Crippen LogP contribution >= 0.6 is 0 Å². The fraction of sp³-hybridized carbons (Fsp3) is 0.533. The number of aliphatic hydroxyl groups is 1. The molecule has 0 amide bonds. The number of allylic oxidation sites excluding steroid dienone is 1. The Morgan fingerprint density at radius 1 is 1.00 bits per heavy atom. The van der Waals surface area contributed by atoms with Gasteiger partial charge in [-0.05, 0) is 67.5 Å². The maximum Gasteiger partial charge on any atom is 0.344 e. The minimum Gasteiger partial charge on any atom is -0.496 e. The molecule has 5 aliphatic heterocycles. The molecule has 9 rings (SSSR count). The number of hydrogen-bond acceptors (Lipinski definition) is 11. The number of fused-ring (bicyclic) bond motifs is 6. The van der Waals surface area contributed by atoms with E-state index in [1.54, 1.807) is 7.11 Å². The molecule has 1 spiro atoms. The van der Waals surface area contributed by atoms with Crippen molar-refractivity contribution in [1.29, 1.82) is 0 Å². The lowest BCUT2D eigenvalue weighted by molar-refractivity contribution is -0.235. The van der Waals surface area contributed by atoms with Gasteiger partial charge in [0.2, 0.25) is 5.60 Å². The second-order valence-corrected chi connectivity index (χ2v) is 17.2. The van der Waals surface area contributed by atoms with Crippen LogP contribution in [-0.4, -0.2) is 110 Å². The summed E-state index contributed by atoms with van der Waals surface area (Å²) in [5, 5.41) is 14.4. The Hall–Kier alpha value is -4.81. The molecular weight excluding hydrogens is 725 g/mol. The quantitative estimate of drug-likeness (QED) is 0.189. The van der Waals surface area contributed by atoms with E-state index in [1.165, 1.54) is 26.7 Å². The molecule has 3 aromatic rings. The second kappa shape index (κ2) is 13.1. The lowest BCUT2D eigenvalue weighted by Crippen LogP contribution is -2.81. The van der Waals surface area contributed by atoms with Crippen LogP contribution in [0.5, 0.6) is 5.75 Å². The van der Waals surface area contributed by atoms with Crippen LogP contribution in [0.15, 0.2) is 60.3 Å². The minimum absolute atomic E-state index is 0.0284. The van der Waals surface area contributed by atoms with Crippen molar-refractivity contribution in [1.82, 2.24) is 14.8 Å². The van der Waals surface area contributed by atoms with Crippen molar-refractivity contribution in [2.75, 3.05) is 52.9 Å². The normalized spacial score (nSPS) is 34.6. The molecule has 302 valence electrons. The Morgan fingerprint density at radius 3 is 2.47 bits per heavy atom. The van der Waals surface area contributed by atoms with Gasteiger partial charge in [-0.25, -0.2) is 4.79 Å². The first-order valence-corrected chi connectivity index (χ1v) is 20.4. The van der Waals surface area contributed by atoms with Crippen LogP contribution in [0.3, 0.4) is 0 Å². The standard InChI is InChI=1S/C45H54N4O8/c1-8-27-19-28-22-44(40(51)55-6,36-30(25-48(23-27)24-28)29-13-10-11-14-33(29)46-36)32-20-31-34(21-35(32)54-5)47(4)38-43(31)16-18-49-17-12-15-42(9-2,37(43)49)39(57-26(3)50)45(38,53)41(52)56-7/h10-14,17,19-21,28,37-39,46,53H,8-9,15-16,18,22-25H2,1-7H3/t28-,37-,38-,39+,42+,43+,44-,45-/m0/s1. The number of methoxy groups -OCH3 is 3. The van der Waals surface area contributed by atoms with E-state index in [-0.39, 0.29) is 17.9 Å². The van der Waals surface area contributed by atoms with Crippen LogP contribution in [0, 0.1) is 11.3 Å². The maximum absolute atomic E-state index is 15.2. The van der Waals surface area contributed by atoms with Crippen molar-refractivity contribution in [2.45, 2.75) is 94.0 Å². The highest BCUT2D eigenvalue weighted by Gasteiger charge is 2.80. The summed E-state index contributed by atoms with van der Waals surface area (Å²) in [5.41, 5.74) is 1.16. The minimum atomic E-state index is -2.26. The summed E-state index contributed by atoms with van der Waals surface area (Å²) in [6.07, 6.45) is 8.27. The fourth-order valence-corrected chi connectivity index (χ4v) is 12.9. The van der Waals surface area contributed by atoms with Crippen molar-refractivity contribution in [3.05, 3.63) is 82.7 Å².